The molecular formula is C11H20N2O3S. The molecule has 0 heterocycles. The molecule has 2 N–H and O–H groups in total. The van der Waals surface area contributed by atoms with Gasteiger partial charge < -0.3 is 15.3 Å². The predicted octanol–water partition coefficient (Wildman–Crippen LogP) is 1.25. The van der Waals surface area contributed by atoms with Crippen LogP contribution in [0.4, 0.5) is 4.79 Å². The average molecular weight is 260 g/mol. The molecule has 1 aliphatic carbocycles. The van der Waals surface area contributed by atoms with Gasteiger partial charge >= 0.3 is 12.0 Å². The Morgan fingerprint density at radius 3 is 2.53 bits per heavy atom. The van der Waals surface area contributed by atoms with Crippen LogP contribution in [0.25, 0.3) is 0 Å². The van der Waals surface area contributed by atoms with E-state index in [-0.39, 0.29) is 12.6 Å². The summed E-state index contributed by atoms with van der Waals surface area (Å²) in [5.74, 6) is 0.0874. The lowest BCUT2D eigenvalue weighted by Gasteiger charge is -2.37. The molecule has 17 heavy (non-hydrogen) atoms. The first-order chi connectivity index (χ1) is 8.02. The first-order valence-electron chi connectivity index (χ1n) is 5.73. The number of carbonyl (C=O) groups excluding carboxylic acids is 1. The zero-order valence-electron chi connectivity index (χ0n) is 10.4. The van der Waals surface area contributed by atoms with Gasteiger partial charge in [-0.05, 0) is 19.1 Å². The molecule has 0 atom stereocenters. The quantitative estimate of drug-likeness (QED) is 0.754. The van der Waals surface area contributed by atoms with Crippen LogP contribution >= 0.6 is 11.8 Å². The van der Waals surface area contributed by atoms with Crippen molar-refractivity contribution >= 4 is 23.8 Å². The summed E-state index contributed by atoms with van der Waals surface area (Å²) in [6.45, 7) is 0.915. The van der Waals surface area contributed by atoms with Gasteiger partial charge in [-0.15, -0.1) is 0 Å². The summed E-state index contributed by atoms with van der Waals surface area (Å²) in [5.41, 5.74) is -0.712. The second-order valence-corrected chi connectivity index (χ2v) is 5.50. The third-order valence-corrected chi connectivity index (χ3v) is 3.91. The SMILES string of the molecule is CSCCN(C)C(=O)NCC1(C(=O)O)CCC1. The molecule has 0 aromatic heterocycles. The number of carboxylic acid groups (broad SMARTS) is 1. The van der Waals surface area contributed by atoms with Gasteiger partial charge in [0.15, 0.2) is 0 Å². The van der Waals surface area contributed by atoms with E-state index in [1.165, 1.54) is 0 Å². The van der Waals surface area contributed by atoms with Gasteiger partial charge in [0.2, 0.25) is 0 Å². The average Bonchev–Trinajstić information content (AvgIpc) is 2.23. The molecule has 0 aliphatic heterocycles. The van der Waals surface area contributed by atoms with E-state index in [1.807, 2.05) is 6.26 Å². The Balaban J connectivity index is 2.34. The normalized spacial score (nSPS) is 17.1. The van der Waals surface area contributed by atoms with Crippen LogP contribution in [0.15, 0.2) is 0 Å². The molecule has 2 amide bonds. The Hall–Kier alpha value is -0.910. The molecule has 0 radical (unpaired) electrons. The summed E-state index contributed by atoms with van der Waals surface area (Å²) < 4.78 is 0. The zero-order chi connectivity index (χ0) is 12.9. The molecule has 0 aromatic rings. The number of amides is 2. The van der Waals surface area contributed by atoms with Gasteiger partial charge in [-0.2, -0.15) is 11.8 Å². The van der Waals surface area contributed by atoms with Crippen molar-refractivity contribution in [3.05, 3.63) is 0 Å². The molecule has 5 nitrogen and oxygen atoms in total. The summed E-state index contributed by atoms with van der Waals surface area (Å²) >= 11 is 1.68. The first-order valence-corrected chi connectivity index (χ1v) is 7.12. The highest BCUT2D eigenvalue weighted by atomic mass is 32.2. The molecule has 1 fully saturated rings. The lowest BCUT2D eigenvalue weighted by atomic mass is 9.69. The van der Waals surface area contributed by atoms with Crippen LogP contribution in [-0.4, -0.2) is 54.2 Å². The number of hydrogen-bond acceptors (Lipinski definition) is 3. The highest BCUT2D eigenvalue weighted by Gasteiger charge is 2.44. The van der Waals surface area contributed by atoms with Crippen LogP contribution in [0.2, 0.25) is 0 Å². The molecule has 1 rings (SSSR count). The molecule has 0 aromatic carbocycles. The maximum absolute atomic E-state index is 11.7. The van der Waals surface area contributed by atoms with E-state index in [2.05, 4.69) is 5.32 Å². The number of urea groups is 1. The van der Waals surface area contributed by atoms with E-state index in [9.17, 15) is 9.59 Å². The largest absolute Gasteiger partial charge is 0.481 e. The minimum Gasteiger partial charge on any atom is -0.481 e. The molecule has 0 unspecified atom stereocenters. The van der Waals surface area contributed by atoms with E-state index in [1.54, 1.807) is 23.7 Å². The van der Waals surface area contributed by atoms with Crippen molar-refractivity contribution in [2.24, 2.45) is 5.41 Å². The van der Waals surface area contributed by atoms with Crippen LogP contribution in [0.1, 0.15) is 19.3 Å². The number of carboxylic acids is 1. The Morgan fingerprint density at radius 1 is 1.47 bits per heavy atom. The van der Waals surface area contributed by atoms with Crippen molar-refractivity contribution < 1.29 is 14.7 Å². The minimum atomic E-state index is -0.796. The fourth-order valence-corrected chi connectivity index (χ4v) is 2.24. The molecule has 0 spiro atoms. The van der Waals surface area contributed by atoms with Gasteiger partial charge in [0.1, 0.15) is 0 Å². The van der Waals surface area contributed by atoms with Gasteiger partial charge in [0, 0.05) is 25.9 Å². The van der Waals surface area contributed by atoms with Crippen molar-refractivity contribution in [3.8, 4) is 0 Å². The summed E-state index contributed by atoms with van der Waals surface area (Å²) in [5, 5.41) is 11.8. The predicted molar refractivity (Wildman–Crippen MR) is 68.3 cm³/mol. The number of nitrogens with zero attached hydrogens (tertiary/aromatic N) is 1. The summed E-state index contributed by atoms with van der Waals surface area (Å²) in [6, 6.07) is -0.188. The first kappa shape index (κ1) is 14.2. The summed E-state index contributed by atoms with van der Waals surface area (Å²) in [6.07, 6.45) is 4.25. The Kier molecular flexibility index (Phi) is 5.11. The third-order valence-electron chi connectivity index (χ3n) is 3.32. The fraction of sp³-hybridized carbons (Fsp3) is 0.818. The van der Waals surface area contributed by atoms with Crippen molar-refractivity contribution in [2.45, 2.75) is 19.3 Å². The smallest absolute Gasteiger partial charge is 0.317 e. The standard InChI is InChI=1S/C11H20N2O3S/c1-13(6-7-17-2)10(16)12-8-11(9(14)15)4-3-5-11/h3-8H2,1-2H3,(H,12,16)(H,14,15). The van der Waals surface area contributed by atoms with Crippen molar-refractivity contribution in [1.29, 1.82) is 0 Å². The van der Waals surface area contributed by atoms with Crippen LogP contribution in [0.5, 0.6) is 0 Å². The van der Waals surface area contributed by atoms with Crippen LogP contribution in [-0.2, 0) is 4.79 Å². The summed E-state index contributed by atoms with van der Waals surface area (Å²) in [7, 11) is 1.72. The maximum Gasteiger partial charge on any atom is 0.317 e. The molecule has 1 aliphatic rings. The van der Waals surface area contributed by atoms with Crippen molar-refractivity contribution in [2.75, 3.05) is 32.1 Å². The molecule has 98 valence electrons. The topological polar surface area (TPSA) is 69.6 Å². The van der Waals surface area contributed by atoms with E-state index in [4.69, 9.17) is 5.11 Å². The van der Waals surface area contributed by atoms with Crippen LogP contribution < -0.4 is 5.32 Å². The van der Waals surface area contributed by atoms with E-state index in [0.29, 0.717) is 19.4 Å². The monoisotopic (exact) mass is 260 g/mol. The number of rotatable bonds is 6. The second kappa shape index (κ2) is 6.14. The molecule has 0 bridgehead atoms. The second-order valence-electron chi connectivity index (χ2n) is 4.51. The Labute approximate surface area is 106 Å². The van der Waals surface area contributed by atoms with E-state index < -0.39 is 11.4 Å². The molecule has 0 saturated heterocycles. The maximum atomic E-state index is 11.7. The van der Waals surface area contributed by atoms with Crippen LogP contribution in [0.3, 0.4) is 0 Å². The van der Waals surface area contributed by atoms with Gasteiger partial charge in [0.25, 0.3) is 0 Å². The number of carbonyl (C=O) groups is 2. The third kappa shape index (κ3) is 3.52. The zero-order valence-corrected chi connectivity index (χ0v) is 11.2. The minimum absolute atomic E-state index is 0.188. The van der Waals surface area contributed by atoms with Crippen molar-refractivity contribution in [1.82, 2.24) is 10.2 Å². The van der Waals surface area contributed by atoms with Crippen LogP contribution in [0, 0.1) is 5.41 Å². The van der Waals surface area contributed by atoms with Gasteiger partial charge in [-0.1, -0.05) is 6.42 Å². The van der Waals surface area contributed by atoms with Gasteiger partial charge in [0.05, 0.1) is 5.41 Å². The van der Waals surface area contributed by atoms with Gasteiger partial charge in [-0.3, -0.25) is 4.79 Å². The molecule has 1 saturated carbocycles. The number of hydrogen-bond donors (Lipinski definition) is 2. The van der Waals surface area contributed by atoms with Gasteiger partial charge in [-0.25, -0.2) is 4.79 Å². The lowest BCUT2D eigenvalue weighted by molar-refractivity contribution is -0.153. The highest BCUT2D eigenvalue weighted by molar-refractivity contribution is 7.98. The number of nitrogens with one attached hydrogen (secondary N) is 1. The Morgan fingerprint density at radius 2 is 2.12 bits per heavy atom. The molecule has 6 heteroatoms. The Bertz CT molecular complexity index is 292. The highest BCUT2D eigenvalue weighted by Crippen LogP contribution is 2.40. The van der Waals surface area contributed by atoms with E-state index in [0.717, 1.165) is 12.2 Å². The molecular weight excluding hydrogens is 240 g/mol. The van der Waals surface area contributed by atoms with E-state index >= 15 is 0 Å². The lowest BCUT2D eigenvalue weighted by Crippen LogP contribution is -2.50. The number of aliphatic carboxylic acids is 1. The number of thioether (sulfide) groups is 1. The fourth-order valence-electron chi connectivity index (χ4n) is 1.78. The summed E-state index contributed by atoms with van der Waals surface area (Å²) in [4.78, 5) is 24.3. The van der Waals surface area contributed by atoms with Crippen molar-refractivity contribution in [3.63, 3.8) is 0 Å².